The number of carbonyl (C=O) groups is 1. The number of hydrogen-bond donors (Lipinski definition) is 3. The molecule has 1 saturated carbocycles. The normalized spacial score (nSPS) is 17.1. The zero-order chi connectivity index (χ0) is 23.9. The van der Waals surface area contributed by atoms with Gasteiger partial charge in [-0.2, -0.15) is 0 Å². The molecular weight excluding hydrogens is 452 g/mol. The molecule has 3 heterocycles. The molecule has 0 radical (unpaired) electrons. The molecule has 180 valence electrons. The summed E-state index contributed by atoms with van der Waals surface area (Å²) in [6, 6.07) is 10.1. The van der Waals surface area contributed by atoms with Crippen molar-refractivity contribution < 1.29 is 13.2 Å². The largest absolute Gasteiger partial charge is 0.379 e. The van der Waals surface area contributed by atoms with Gasteiger partial charge in [0.15, 0.2) is 5.82 Å². The van der Waals surface area contributed by atoms with Gasteiger partial charge < -0.3 is 20.1 Å². The Balaban J connectivity index is 1.27. The second kappa shape index (κ2) is 8.83. The molecule has 0 spiro atoms. The third kappa shape index (κ3) is 4.82. The lowest BCUT2D eigenvalue weighted by Gasteiger charge is -2.37. The van der Waals surface area contributed by atoms with Gasteiger partial charge in [-0.3, -0.25) is 9.52 Å². The Morgan fingerprint density at radius 3 is 2.65 bits per heavy atom. The van der Waals surface area contributed by atoms with Crippen molar-refractivity contribution in [3.05, 3.63) is 48.3 Å². The van der Waals surface area contributed by atoms with E-state index in [0.717, 1.165) is 36.1 Å². The van der Waals surface area contributed by atoms with E-state index in [2.05, 4.69) is 38.0 Å². The van der Waals surface area contributed by atoms with Gasteiger partial charge in [0.25, 0.3) is 5.91 Å². The van der Waals surface area contributed by atoms with Crippen molar-refractivity contribution in [2.75, 3.05) is 41.3 Å². The minimum absolute atomic E-state index is 0.0437. The summed E-state index contributed by atoms with van der Waals surface area (Å²) in [5.74, 6) is 0.916. The highest BCUT2D eigenvalue weighted by Gasteiger charge is 2.29. The first-order valence-corrected chi connectivity index (χ1v) is 13.5. The zero-order valence-corrected chi connectivity index (χ0v) is 20.2. The number of sulfonamides is 1. The SMILES string of the molecule is CN(c1ncccc1NC1CC1)C1CCN(C(=O)c2c[nH]c3ccc(NS(C)(=O)=O)cc23)CC1. The monoisotopic (exact) mass is 482 g/mol. The van der Waals surface area contributed by atoms with Crippen LogP contribution >= 0.6 is 0 Å². The minimum Gasteiger partial charge on any atom is -0.379 e. The Hall–Kier alpha value is -3.27. The molecule has 9 nitrogen and oxygen atoms in total. The van der Waals surface area contributed by atoms with E-state index < -0.39 is 10.0 Å². The number of likely N-dealkylation sites (tertiary alicyclic amines) is 1. The lowest BCUT2D eigenvalue weighted by atomic mass is 10.0. The Morgan fingerprint density at radius 2 is 1.94 bits per heavy atom. The summed E-state index contributed by atoms with van der Waals surface area (Å²) in [5.41, 5.74) is 2.86. The van der Waals surface area contributed by atoms with E-state index in [4.69, 9.17) is 0 Å². The van der Waals surface area contributed by atoms with E-state index in [1.807, 2.05) is 17.2 Å². The second-order valence-electron chi connectivity index (χ2n) is 9.26. The predicted octanol–water partition coefficient (Wildman–Crippen LogP) is 3.25. The van der Waals surface area contributed by atoms with Crippen LogP contribution in [-0.2, 0) is 10.0 Å². The summed E-state index contributed by atoms with van der Waals surface area (Å²) in [5, 5.41) is 4.28. The van der Waals surface area contributed by atoms with Crippen LogP contribution in [0.15, 0.2) is 42.7 Å². The molecule has 34 heavy (non-hydrogen) atoms. The number of H-pyrrole nitrogens is 1. The van der Waals surface area contributed by atoms with Crippen LogP contribution in [0.3, 0.4) is 0 Å². The maximum atomic E-state index is 13.3. The first-order chi connectivity index (χ1) is 16.3. The standard InChI is InChI=1S/C24H30N6O3S/c1-29(23-22(4-3-11-25-23)27-16-5-6-16)18-9-12-30(13-10-18)24(31)20-15-26-21-8-7-17(14-19(20)21)28-34(2,32)33/h3-4,7-8,11,14-16,18,26-28H,5-6,9-10,12-13H2,1-2H3. The van der Waals surface area contributed by atoms with Gasteiger partial charge >= 0.3 is 0 Å². The van der Waals surface area contributed by atoms with Crippen molar-refractivity contribution >= 4 is 44.0 Å². The number of aromatic amines is 1. The maximum absolute atomic E-state index is 13.3. The van der Waals surface area contributed by atoms with Crippen LogP contribution in [0.5, 0.6) is 0 Å². The van der Waals surface area contributed by atoms with Gasteiger partial charge in [-0.15, -0.1) is 0 Å². The van der Waals surface area contributed by atoms with E-state index >= 15 is 0 Å². The molecule has 2 aromatic heterocycles. The Kier molecular flexibility index (Phi) is 5.85. The van der Waals surface area contributed by atoms with Gasteiger partial charge in [0.1, 0.15) is 0 Å². The van der Waals surface area contributed by atoms with E-state index in [0.29, 0.717) is 41.8 Å². The summed E-state index contributed by atoms with van der Waals surface area (Å²) in [7, 11) is -1.31. The topological polar surface area (TPSA) is 110 Å². The predicted molar refractivity (Wildman–Crippen MR) is 135 cm³/mol. The van der Waals surface area contributed by atoms with Gasteiger partial charge in [-0.25, -0.2) is 13.4 Å². The van der Waals surface area contributed by atoms with E-state index in [1.165, 1.54) is 12.8 Å². The maximum Gasteiger partial charge on any atom is 0.256 e. The van der Waals surface area contributed by atoms with Gasteiger partial charge in [0, 0.05) is 61.2 Å². The summed E-state index contributed by atoms with van der Waals surface area (Å²) < 4.78 is 25.7. The smallest absolute Gasteiger partial charge is 0.256 e. The highest BCUT2D eigenvalue weighted by molar-refractivity contribution is 7.92. The van der Waals surface area contributed by atoms with Gasteiger partial charge in [0.05, 0.1) is 17.5 Å². The average Bonchev–Trinajstić information content (AvgIpc) is 3.53. The first kappa shape index (κ1) is 22.5. The molecule has 1 aliphatic heterocycles. The number of rotatable bonds is 7. The molecule has 0 bridgehead atoms. The molecular formula is C24H30N6O3S. The summed E-state index contributed by atoms with van der Waals surface area (Å²) in [6.45, 7) is 1.31. The third-order valence-corrected chi connectivity index (χ3v) is 7.18. The van der Waals surface area contributed by atoms with Crippen molar-refractivity contribution in [2.45, 2.75) is 37.8 Å². The molecule has 0 unspecified atom stereocenters. The second-order valence-corrected chi connectivity index (χ2v) is 11.0. The van der Waals surface area contributed by atoms with E-state index in [9.17, 15) is 13.2 Å². The summed E-state index contributed by atoms with van der Waals surface area (Å²) in [4.78, 5) is 25.2. The number of nitrogens with one attached hydrogen (secondary N) is 3. The highest BCUT2D eigenvalue weighted by atomic mass is 32.2. The van der Waals surface area contributed by atoms with Crippen molar-refractivity contribution in [1.29, 1.82) is 0 Å². The van der Waals surface area contributed by atoms with Crippen LogP contribution in [0, 0.1) is 0 Å². The highest BCUT2D eigenvalue weighted by Crippen LogP contribution is 2.32. The van der Waals surface area contributed by atoms with Crippen LogP contribution < -0.4 is 14.9 Å². The molecule has 2 aliphatic rings. The first-order valence-electron chi connectivity index (χ1n) is 11.6. The van der Waals surface area contributed by atoms with E-state index in [1.54, 1.807) is 24.4 Å². The van der Waals surface area contributed by atoms with Crippen LogP contribution in [0.25, 0.3) is 10.9 Å². The van der Waals surface area contributed by atoms with Gasteiger partial charge in [0.2, 0.25) is 10.0 Å². The average molecular weight is 483 g/mol. The van der Waals surface area contributed by atoms with Crippen molar-refractivity contribution in [1.82, 2.24) is 14.9 Å². The van der Waals surface area contributed by atoms with Crippen molar-refractivity contribution in [3.8, 4) is 0 Å². The van der Waals surface area contributed by atoms with E-state index in [-0.39, 0.29) is 5.91 Å². The molecule has 3 aromatic rings. The van der Waals surface area contributed by atoms with Crippen molar-refractivity contribution in [3.63, 3.8) is 0 Å². The zero-order valence-electron chi connectivity index (χ0n) is 19.4. The van der Waals surface area contributed by atoms with Crippen LogP contribution in [0.2, 0.25) is 0 Å². The number of nitrogens with zero attached hydrogens (tertiary/aromatic N) is 3. The Bertz CT molecular complexity index is 1310. The molecule has 1 saturated heterocycles. The summed E-state index contributed by atoms with van der Waals surface area (Å²) in [6.07, 6.45) is 8.76. The lowest BCUT2D eigenvalue weighted by molar-refractivity contribution is 0.0715. The number of hydrogen-bond acceptors (Lipinski definition) is 6. The Morgan fingerprint density at radius 1 is 1.18 bits per heavy atom. The molecule has 2 fully saturated rings. The Labute approximate surface area is 199 Å². The number of benzene rings is 1. The number of piperidine rings is 1. The van der Waals surface area contributed by atoms with Gasteiger partial charge in [-0.05, 0) is 56.0 Å². The van der Waals surface area contributed by atoms with Crippen molar-refractivity contribution in [2.24, 2.45) is 0 Å². The third-order valence-electron chi connectivity index (χ3n) is 6.57. The molecule has 0 atom stereocenters. The lowest BCUT2D eigenvalue weighted by Crippen LogP contribution is -2.46. The van der Waals surface area contributed by atoms with Gasteiger partial charge in [-0.1, -0.05) is 0 Å². The molecule has 10 heteroatoms. The molecule has 1 aromatic carbocycles. The number of aromatic nitrogens is 2. The van der Waals surface area contributed by atoms with Crippen LogP contribution in [0.1, 0.15) is 36.0 Å². The molecule has 1 aliphatic carbocycles. The molecule has 3 N–H and O–H groups in total. The number of anilines is 3. The number of fused-ring (bicyclic) bond motifs is 1. The quantitative estimate of drug-likeness (QED) is 0.477. The van der Waals surface area contributed by atoms with Crippen LogP contribution in [0.4, 0.5) is 17.2 Å². The fourth-order valence-corrected chi connectivity index (χ4v) is 5.17. The molecule has 5 rings (SSSR count). The minimum atomic E-state index is -3.40. The summed E-state index contributed by atoms with van der Waals surface area (Å²) >= 11 is 0. The molecule has 1 amide bonds. The number of amides is 1. The number of pyridine rings is 1. The fourth-order valence-electron chi connectivity index (χ4n) is 4.61. The number of carbonyl (C=O) groups excluding carboxylic acids is 1. The fraction of sp³-hybridized carbons (Fsp3) is 0.417. The van der Waals surface area contributed by atoms with Crippen LogP contribution in [-0.4, -0.2) is 67.7 Å².